The second-order valence-corrected chi connectivity index (χ2v) is 5.70. The molecule has 0 fully saturated rings. The van der Waals surface area contributed by atoms with Gasteiger partial charge in [0.25, 0.3) is 0 Å². The molecular weight excluding hydrogens is 302 g/mol. The van der Waals surface area contributed by atoms with E-state index in [1.165, 1.54) is 23.8 Å². The van der Waals surface area contributed by atoms with Crippen molar-refractivity contribution in [1.29, 1.82) is 0 Å². The van der Waals surface area contributed by atoms with Crippen LogP contribution in [-0.4, -0.2) is 31.4 Å². The van der Waals surface area contributed by atoms with E-state index >= 15 is 0 Å². The van der Waals surface area contributed by atoms with E-state index < -0.39 is 0 Å². The van der Waals surface area contributed by atoms with Gasteiger partial charge in [0.2, 0.25) is 11.0 Å². The number of anilines is 2. The van der Waals surface area contributed by atoms with Crippen molar-refractivity contribution in [3.63, 3.8) is 0 Å². The number of carbonyl (C=O) groups is 1. The summed E-state index contributed by atoms with van der Waals surface area (Å²) < 4.78 is 4.20. The molecule has 2 heterocycles. The largest absolute Gasteiger partial charge is 0.504 e. The fraction of sp³-hybridized carbons (Fsp3) is 0.429. The van der Waals surface area contributed by atoms with Crippen LogP contribution in [0.5, 0.6) is 5.75 Å². The number of pyridine rings is 1. The van der Waals surface area contributed by atoms with Gasteiger partial charge in [0.1, 0.15) is 5.82 Å². The van der Waals surface area contributed by atoms with Crippen molar-refractivity contribution in [3.8, 4) is 5.75 Å². The molecule has 0 aliphatic rings. The van der Waals surface area contributed by atoms with Crippen LogP contribution in [0.3, 0.4) is 0 Å². The fourth-order valence-electron chi connectivity index (χ4n) is 1.73. The van der Waals surface area contributed by atoms with E-state index in [0.29, 0.717) is 5.13 Å². The Labute approximate surface area is 133 Å². The predicted molar refractivity (Wildman–Crippen MR) is 86.1 cm³/mol. The van der Waals surface area contributed by atoms with E-state index in [-0.39, 0.29) is 29.4 Å². The number of hydrogen-bond acceptors (Lipinski definition) is 7. The number of rotatable bonds is 6. The number of aromatic hydroxyl groups is 1. The predicted octanol–water partition coefficient (Wildman–Crippen LogP) is 2.28. The van der Waals surface area contributed by atoms with Crippen molar-refractivity contribution in [2.75, 3.05) is 10.6 Å². The number of nitrogens with zero attached hydrogens (tertiary/aromatic N) is 3. The number of aromatic nitrogens is 3. The van der Waals surface area contributed by atoms with Crippen LogP contribution in [0.4, 0.5) is 10.9 Å². The molecule has 3 N–H and O–H groups in total. The molecular formula is C14H19N5O2S. The highest BCUT2D eigenvalue weighted by Crippen LogP contribution is 2.21. The van der Waals surface area contributed by atoms with Crippen molar-refractivity contribution in [3.05, 3.63) is 24.2 Å². The van der Waals surface area contributed by atoms with Gasteiger partial charge in [-0.05, 0) is 19.1 Å². The molecule has 2 aromatic rings. The average molecular weight is 321 g/mol. The molecule has 0 aromatic carbocycles. The van der Waals surface area contributed by atoms with Gasteiger partial charge in [-0.2, -0.15) is 4.37 Å². The van der Waals surface area contributed by atoms with Crippen molar-refractivity contribution < 1.29 is 9.90 Å². The monoisotopic (exact) mass is 321 g/mol. The molecule has 2 unspecified atom stereocenters. The van der Waals surface area contributed by atoms with Gasteiger partial charge in [-0.15, -0.1) is 0 Å². The van der Waals surface area contributed by atoms with E-state index in [2.05, 4.69) is 25.0 Å². The van der Waals surface area contributed by atoms with Gasteiger partial charge in [0.15, 0.2) is 11.6 Å². The molecule has 0 radical (unpaired) electrons. The fourth-order valence-corrected chi connectivity index (χ4v) is 2.47. The molecule has 2 aromatic heterocycles. The molecule has 0 bridgehead atoms. The molecule has 2 rings (SSSR count). The maximum absolute atomic E-state index is 12.2. The first kappa shape index (κ1) is 16.2. The molecule has 0 aliphatic carbocycles. The quantitative estimate of drug-likeness (QED) is 0.755. The second-order valence-electron chi connectivity index (χ2n) is 4.95. The van der Waals surface area contributed by atoms with Gasteiger partial charge in [0.05, 0.1) is 5.92 Å². The zero-order valence-electron chi connectivity index (χ0n) is 12.7. The van der Waals surface area contributed by atoms with E-state index in [1.54, 1.807) is 13.0 Å². The van der Waals surface area contributed by atoms with Crippen LogP contribution >= 0.6 is 11.5 Å². The average Bonchev–Trinajstić information content (AvgIpc) is 2.96. The molecule has 8 heteroatoms. The topological polar surface area (TPSA) is 100 Å². The number of nitrogens with one attached hydrogen (secondary N) is 2. The molecule has 118 valence electrons. The Morgan fingerprint density at radius 3 is 2.86 bits per heavy atom. The highest BCUT2D eigenvalue weighted by atomic mass is 32.1. The zero-order valence-corrected chi connectivity index (χ0v) is 13.5. The SMILES string of the molecule is CCc1nsc(NC(C)C(C)C(=O)Nc2ncccc2O)n1. The molecule has 0 saturated carbocycles. The van der Waals surface area contributed by atoms with Gasteiger partial charge < -0.3 is 15.7 Å². The summed E-state index contributed by atoms with van der Waals surface area (Å²) in [5.41, 5.74) is 0. The van der Waals surface area contributed by atoms with Crippen LogP contribution in [-0.2, 0) is 11.2 Å². The second kappa shape index (κ2) is 7.17. The lowest BCUT2D eigenvalue weighted by molar-refractivity contribution is -0.119. The highest BCUT2D eigenvalue weighted by molar-refractivity contribution is 7.09. The summed E-state index contributed by atoms with van der Waals surface area (Å²) in [6, 6.07) is 2.94. The third kappa shape index (κ3) is 3.91. The van der Waals surface area contributed by atoms with Crippen molar-refractivity contribution >= 4 is 28.4 Å². The summed E-state index contributed by atoms with van der Waals surface area (Å²) in [6.07, 6.45) is 2.29. The van der Waals surface area contributed by atoms with Crippen LogP contribution in [0.2, 0.25) is 0 Å². The maximum atomic E-state index is 12.2. The smallest absolute Gasteiger partial charge is 0.230 e. The Morgan fingerprint density at radius 2 is 2.23 bits per heavy atom. The Morgan fingerprint density at radius 1 is 1.45 bits per heavy atom. The maximum Gasteiger partial charge on any atom is 0.230 e. The first-order valence-corrected chi connectivity index (χ1v) is 7.82. The molecule has 2 atom stereocenters. The minimum atomic E-state index is -0.338. The lowest BCUT2D eigenvalue weighted by Crippen LogP contribution is -2.34. The van der Waals surface area contributed by atoms with E-state index in [0.717, 1.165) is 12.2 Å². The summed E-state index contributed by atoms with van der Waals surface area (Å²) in [7, 11) is 0. The number of hydrogen-bond donors (Lipinski definition) is 3. The molecule has 0 saturated heterocycles. The summed E-state index contributed by atoms with van der Waals surface area (Å²) in [5, 5.41) is 16.1. The minimum absolute atomic E-state index is 0.0552. The summed E-state index contributed by atoms with van der Waals surface area (Å²) >= 11 is 1.28. The van der Waals surface area contributed by atoms with Crippen molar-refractivity contribution in [2.45, 2.75) is 33.2 Å². The third-order valence-electron chi connectivity index (χ3n) is 3.33. The minimum Gasteiger partial charge on any atom is -0.504 e. The van der Waals surface area contributed by atoms with E-state index in [1.807, 2.05) is 13.8 Å². The van der Waals surface area contributed by atoms with Crippen molar-refractivity contribution in [1.82, 2.24) is 14.3 Å². The number of amides is 1. The molecule has 0 spiro atoms. The van der Waals surface area contributed by atoms with Gasteiger partial charge in [-0.1, -0.05) is 13.8 Å². The Hall–Kier alpha value is -2.22. The molecule has 7 nitrogen and oxygen atoms in total. The molecule has 1 amide bonds. The van der Waals surface area contributed by atoms with Crippen LogP contribution in [0.15, 0.2) is 18.3 Å². The lowest BCUT2D eigenvalue weighted by Gasteiger charge is -2.20. The molecule has 0 aliphatic heterocycles. The van der Waals surface area contributed by atoms with Gasteiger partial charge in [0, 0.05) is 30.2 Å². The van der Waals surface area contributed by atoms with Crippen LogP contribution in [0.1, 0.15) is 26.6 Å². The standard InChI is InChI=1S/C14H19N5O2S/c1-4-11-17-14(22-19-11)16-9(3)8(2)13(21)18-12-10(20)6-5-7-15-12/h5-9,20H,4H2,1-3H3,(H,15,18,21)(H,16,17,19). The summed E-state index contributed by atoms with van der Waals surface area (Å²) in [4.78, 5) is 20.5. The molecule has 22 heavy (non-hydrogen) atoms. The summed E-state index contributed by atoms with van der Waals surface area (Å²) in [6.45, 7) is 5.69. The van der Waals surface area contributed by atoms with Crippen LogP contribution < -0.4 is 10.6 Å². The van der Waals surface area contributed by atoms with E-state index in [9.17, 15) is 9.90 Å². The number of carbonyl (C=O) groups excluding carboxylic acids is 1. The normalized spacial score (nSPS) is 13.4. The zero-order chi connectivity index (χ0) is 16.1. The summed E-state index contributed by atoms with van der Waals surface area (Å²) in [5.74, 6) is 0.330. The van der Waals surface area contributed by atoms with Gasteiger partial charge in [-0.3, -0.25) is 4.79 Å². The Bertz CT molecular complexity index is 646. The lowest BCUT2D eigenvalue weighted by atomic mass is 10.0. The highest BCUT2D eigenvalue weighted by Gasteiger charge is 2.22. The van der Waals surface area contributed by atoms with E-state index in [4.69, 9.17) is 0 Å². The first-order chi connectivity index (χ1) is 10.5. The van der Waals surface area contributed by atoms with Gasteiger partial charge >= 0.3 is 0 Å². The Kier molecular flexibility index (Phi) is 5.26. The first-order valence-electron chi connectivity index (χ1n) is 7.05. The van der Waals surface area contributed by atoms with Crippen LogP contribution in [0.25, 0.3) is 0 Å². The van der Waals surface area contributed by atoms with Gasteiger partial charge in [-0.25, -0.2) is 9.97 Å². The van der Waals surface area contributed by atoms with Crippen LogP contribution in [0, 0.1) is 5.92 Å². The number of aryl methyl sites for hydroxylation is 1. The van der Waals surface area contributed by atoms with Crippen molar-refractivity contribution in [2.24, 2.45) is 5.92 Å². The third-order valence-corrected chi connectivity index (χ3v) is 4.01. The Balaban J connectivity index is 1.96.